The Bertz CT molecular complexity index is 2210. The van der Waals surface area contributed by atoms with Crippen LogP contribution in [-0.2, 0) is 32.7 Å². The molecule has 1 N–H and O–H groups in total. The fourth-order valence-electron chi connectivity index (χ4n) is 13.2. The number of carbonyl (C=O) groups is 2. The molecule has 0 aromatic heterocycles. The zero-order valence-electron chi connectivity index (χ0n) is 70.4. The third-order valence-corrected chi connectivity index (χ3v) is 21.0. The molecule has 0 saturated carbocycles. The van der Waals surface area contributed by atoms with E-state index in [1.165, 1.54) is 283 Å². The van der Waals surface area contributed by atoms with E-state index in [2.05, 4.69) is 135 Å². The van der Waals surface area contributed by atoms with Crippen molar-refractivity contribution < 1.29 is 42.1 Å². The van der Waals surface area contributed by atoms with Crippen LogP contribution in [-0.4, -0.2) is 74.9 Å². The number of likely N-dealkylation sites (N-methyl/N-ethyl adjacent to an activating group) is 1. The van der Waals surface area contributed by atoms with Crippen LogP contribution >= 0.6 is 7.82 Å². The topological polar surface area (TPSA) is 108 Å². The number of phosphoric ester groups is 1. The van der Waals surface area contributed by atoms with Gasteiger partial charge in [-0.15, -0.1) is 0 Å². The lowest BCUT2D eigenvalue weighted by molar-refractivity contribution is -0.870. The van der Waals surface area contributed by atoms with E-state index in [1.54, 1.807) is 0 Å². The van der Waals surface area contributed by atoms with Gasteiger partial charge in [0.1, 0.15) is 19.8 Å². The summed E-state index contributed by atoms with van der Waals surface area (Å²) in [7, 11) is 1.48. The maximum atomic E-state index is 12.9. The van der Waals surface area contributed by atoms with Gasteiger partial charge in [0.25, 0.3) is 0 Å². The molecular weight excluding hydrogens is 1330 g/mol. The van der Waals surface area contributed by atoms with E-state index in [0.717, 1.165) is 109 Å². The predicted octanol–water partition coefficient (Wildman–Crippen LogP) is 30.8. The summed E-state index contributed by atoms with van der Waals surface area (Å²) in [6, 6.07) is 0. The van der Waals surface area contributed by atoms with Crippen molar-refractivity contribution in [3.63, 3.8) is 0 Å². The standard InChI is InChI=1S/C96H172NO8P/c1-6-8-10-12-14-16-18-20-22-24-26-28-30-32-34-36-38-40-42-44-46-48-50-52-54-56-58-60-62-64-66-68-70-72-74-76-78-80-82-84-86-88-95(98)102-92-94(93-104-106(100,101)103-91-90-97(3,4)5)105-96(99)89-87-85-83-81-79-77-75-73-71-69-67-65-63-61-59-57-55-53-51-49-47-45-43-41-39-37-35-33-31-29-27-25-23-21-19-17-15-13-11-9-7-2/h9,11,15,17,21,23,27,29,33,35,39,41,45,47,51,53,57,59,63,65,94H,6-8,10,12-14,16,18-20,22,24-26,28,30-32,34,36-38,40,42-44,46,48-50,52,54-56,58,60-62,64,66-93H2,1-5H3/p+1/b11-9-,17-15-,23-21-,29-27-,35-33-,41-39-,47-45-,53-51-,59-57-,65-63-. The van der Waals surface area contributed by atoms with Gasteiger partial charge in [0, 0.05) is 12.8 Å². The first-order valence-corrected chi connectivity index (χ1v) is 46.8. The summed E-state index contributed by atoms with van der Waals surface area (Å²) in [6.45, 7) is 4.37. The van der Waals surface area contributed by atoms with Gasteiger partial charge in [0.2, 0.25) is 0 Å². The summed E-state index contributed by atoms with van der Waals surface area (Å²) in [5, 5.41) is 0. The fourth-order valence-corrected chi connectivity index (χ4v) is 13.9. The molecule has 0 aromatic carbocycles. The van der Waals surface area contributed by atoms with E-state index < -0.39 is 26.5 Å². The number of hydrogen-bond acceptors (Lipinski definition) is 7. The van der Waals surface area contributed by atoms with Crippen molar-refractivity contribution in [3.8, 4) is 0 Å². The molecule has 106 heavy (non-hydrogen) atoms. The second-order valence-corrected chi connectivity index (χ2v) is 33.1. The van der Waals surface area contributed by atoms with Crippen LogP contribution in [0.3, 0.4) is 0 Å². The van der Waals surface area contributed by atoms with Gasteiger partial charge in [-0.25, -0.2) is 4.57 Å². The first kappa shape index (κ1) is 102. The van der Waals surface area contributed by atoms with Crippen LogP contribution in [0.1, 0.15) is 425 Å². The highest BCUT2D eigenvalue weighted by Gasteiger charge is 2.27. The Kier molecular flexibility index (Phi) is 82.5. The molecule has 614 valence electrons. The molecule has 10 heteroatoms. The van der Waals surface area contributed by atoms with E-state index in [-0.39, 0.29) is 32.0 Å². The van der Waals surface area contributed by atoms with Crippen LogP contribution in [0.25, 0.3) is 0 Å². The van der Waals surface area contributed by atoms with Crippen molar-refractivity contribution in [2.45, 2.75) is 431 Å². The average Bonchev–Trinajstić information content (AvgIpc) is 0.908. The van der Waals surface area contributed by atoms with Crippen LogP contribution in [0, 0.1) is 0 Å². The van der Waals surface area contributed by atoms with Crippen LogP contribution in [0.5, 0.6) is 0 Å². The Labute approximate surface area is 658 Å². The average molecular weight is 1500 g/mol. The van der Waals surface area contributed by atoms with Crippen molar-refractivity contribution >= 4 is 19.8 Å². The van der Waals surface area contributed by atoms with Gasteiger partial charge in [0.15, 0.2) is 6.10 Å². The number of rotatable bonds is 84. The number of quaternary nitrogens is 1. The number of unbranched alkanes of at least 4 members (excludes halogenated alkanes) is 50. The van der Waals surface area contributed by atoms with Crippen molar-refractivity contribution in [2.24, 2.45) is 0 Å². The highest BCUT2D eigenvalue weighted by molar-refractivity contribution is 7.47. The first-order chi connectivity index (χ1) is 52.0. The molecule has 0 bridgehead atoms. The quantitative estimate of drug-likeness (QED) is 0.0211. The lowest BCUT2D eigenvalue weighted by Gasteiger charge is -2.24. The smallest absolute Gasteiger partial charge is 0.462 e. The molecule has 0 saturated heterocycles. The minimum absolute atomic E-state index is 0.0281. The highest BCUT2D eigenvalue weighted by Crippen LogP contribution is 2.43. The second kappa shape index (κ2) is 85.4. The molecule has 0 aliphatic heterocycles. The molecule has 0 aliphatic rings. The van der Waals surface area contributed by atoms with E-state index >= 15 is 0 Å². The molecule has 9 nitrogen and oxygen atoms in total. The van der Waals surface area contributed by atoms with Crippen LogP contribution in [0.4, 0.5) is 0 Å². The number of nitrogens with zero attached hydrogens (tertiary/aromatic N) is 1. The number of phosphoric acid groups is 1. The summed E-state index contributed by atoms with van der Waals surface area (Å²) < 4.78 is 34.9. The Balaban J connectivity index is 3.92. The highest BCUT2D eigenvalue weighted by atomic mass is 31.2. The molecule has 0 heterocycles. The minimum Gasteiger partial charge on any atom is -0.462 e. The summed E-state index contributed by atoms with van der Waals surface area (Å²) >= 11 is 0. The number of allylic oxidation sites excluding steroid dienone is 20. The molecule has 0 radical (unpaired) electrons. The van der Waals surface area contributed by atoms with E-state index in [9.17, 15) is 19.0 Å². The number of ether oxygens (including phenoxy) is 2. The zero-order chi connectivity index (χ0) is 76.8. The third kappa shape index (κ3) is 89.3. The summed E-state index contributed by atoms with van der Waals surface area (Å²) in [5.41, 5.74) is 0. The van der Waals surface area contributed by atoms with Crippen molar-refractivity contribution in [1.82, 2.24) is 0 Å². The molecular formula is C96H173NO8P+. The lowest BCUT2D eigenvalue weighted by atomic mass is 10.0. The molecule has 2 unspecified atom stereocenters. The van der Waals surface area contributed by atoms with Crippen LogP contribution < -0.4 is 0 Å². The van der Waals surface area contributed by atoms with Gasteiger partial charge < -0.3 is 18.9 Å². The van der Waals surface area contributed by atoms with Gasteiger partial charge in [-0.2, -0.15) is 0 Å². The van der Waals surface area contributed by atoms with E-state index in [1.807, 2.05) is 21.1 Å². The molecule has 2 atom stereocenters. The molecule has 0 fully saturated rings. The van der Waals surface area contributed by atoms with E-state index in [0.29, 0.717) is 17.4 Å². The van der Waals surface area contributed by atoms with Crippen molar-refractivity contribution in [3.05, 3.63) is 122 Å². The van der Waals surface area contributed by atoms with Gasteiger partial charge in [-0.05, 0) is 89.9 Å². The second-order valence-electron chi connectivity index (χ2n) is 31.6. The Morgan fingerprint density at radius 1 is 0.302 bits per heavy atom. The fraction of sp³-hybridized carbons (Fsp3) is 0.771. The third-order valence-electron chi connectivity index (χ3n) is 20.0. The molecule has 0 aliphatic carbocycles. The first-order valence-electron chi connectivity index (χ1n) is 45.3. The summed E-state index contributed by atoms with van der Waals surface area (Å²) in [5.74, 6) is -0.790. The largest absolute Gasteiger partial charge is 0.472 e. The lowest BCUT2D eigenvalue weighted by Crippen LogP contribution is -2.37. The van der Waals surface area contributed by atoms with Crippen molar-refractivity contribution in [2.75, 3.05) is 47.5 Å². The molecule has 0 rings (SSSR count). The van der Waals surface area contributed by atoms with Gasteiger partial charge in [-0.3, -0.25) is 18.6 Å². The number of esters is 2. The minimum atomic E-state index is -4.41. The van der Waals surface area contributed by atoms with Gasteiger partial charge >= 0.3 is 19.8 Å². The molecule has 0 aromatic rings. The normalized spacial score (nSPS) is 13.5. The van der Waals surface area contributed by atoms with Gasteiger partial charge in [-0.1, -0.05) is 444 Å². The van der Waals surface area contributed by atoms with Gasteiger partial charge in [0.05, 0.1) is 27.7 Å². The molecule has 0 spiro atoms. The van der Waals surface area contributed by atoms with Crippen molar-refractivity contribution in [1.29, 1.82) is 0 Å². The summed E-state index contributed by atoms with van der Waals surface area (Å²) in [6.07, 6.45) is 124. The predicted molar refractivity (Wildman–Crippen MR) is 464 cm³/mol. The maximum absolute atomic E-state index is 12.9. The maximum Gasteiger partial charge on any atom is 0.472 e. The molecule has 0 amide bonds. The number of carbonyl (C=O) groups excluding carboxylic acids is 2. The Hall–Kier alpha value is -3.59. The number of hydrogen-bond donors (Lipinski definition) is 1. The Morgan fingerprint density at radius 2 is 0.538 bits per heavy atom. The van der Waals surface area contributed by atoms with Crippen LogP contribution in [0.15, 0.2) is 122 Å². The SMILES string of the molecule is CC/C=C\C/C=C\C/C=C\C/C=C\C/C=C\C/C=C\C/C=C\C/C=C\C/C=C\C/C=C\CCCCCCCCCCCCC(=O)OC(COC(=O)CCCCCCCCCCCCCCCCCCCCCCCCCCCCCCCCCCCCCCCCCCC)COP(=O)(O)OCC[N+](C)(C)C. The zero-order valence-corrected chi connectivity index (χ0v) is 71.3. The monoisotopic (exact) mass is 1500 g/mol. The van der Waals surface area contributed by atoms with Crippen LogP contribution in [0.2, 0.25) is 0 Å². The summed E-state index contributed by atoms with van der Waals surface area (Å²) in [4.78, 5) is 36.1. The van der Waals surface area contributed by atoms with E-state index in [4.69, 9.17) is 18.5 Å². The Morgan fingerprint density at radius 3 is 0.802 bits per heavy atom.